The van der Waals surface area contributed by atoms with E-state index in [-0.39, 0.29) is 24.0 Å². The zero-order chi connectivity index (χ0) is 19.5. The Morgan fingerprint density at radius 1 is 1.04 bits per heavy atom. The van der Waals surface area contributed by atoms with E-state index in [9.17, 15) is 0 Å². The molecule has 0 radical (unpaired) electrons. The van der Waals surface area contributed by atoms with E-state index in [1.807, 2.05) is 18.2 Å². The van der Waals surface area contributed by atoms with Gasteiger partial charge in [-0.3, -0.25) is 4.90 Å². The fourth-order valence-electron chi connectivity index (χ4n) is 3.15. The first-order valence-electron chi connectivity index (χ1n) is 9.87. The molecule has 0 amide bonds. The van der Waals surface area contributed by atoms with E-state index in [1.165, 1.54) is 13.1 Å². The molecule has 0 atom stereocenters. The third kappa shape index (κ3) is 8.00. The van der Waals surface area contributed by atoms with E-state index in [4.69, 9.17) is 14.5 Å². The molecule has 0 aromatic heterocycles. The zero-order valence-electron chi connectivity index (χ0n) is 17.7. The highest BCUT2D eigenvalue weighted by Crippen LogP contribution is 2.25. The van der Waals surface area contributed by atoms with Gasteiger partial charge in [0.15, 0.2) is 5.96 Å². The molecule has 1 aromatic carbocycles. The van der Waals surface area contributed by atoms with E-state index in [0.29, 0.717) is 6.54 Å². The summed E-state index contributed by atoms with van der Waals surface area (Å²) in [7, 11) is 3.33. The maximum absolute atomic E-state index is 5.46. The number of ether oxygens (including phenoxy) is 2. The first kappa shape index (κ1) is 24.8. The van der Waals surface area contributed by atoms with E-state index in [0.717, 1.165) is 62.3 Å². The number of nitrogens with one attached hydrogen (secondary N) is 2. The number of likely N-dealkylation sites (N-methyl/N-ethyl adjacent to an activating group) is 1. The highest BCUT2D eigenvalue weighted by atomic mass is 127. The monoisotopic (exact) mass is 505 g/mol. The standard InChI is InChI=1S/C20H35N5O2.HI/c1-5-21-20(22-9-10-25-13-11-24(6-2)12-14-25)23-16-17-7-8-18(26-3)15-19(17)27-4;/h7-8,15H,5-6,9-14,16H2,1-4H3,(H2,21,22,23);1H. The van der Waals surface area contributed by atoms with Crippen molar-refractivity contribution in [3.05, 3.63) is 23.8 Å². The van der Waals surface area contributed by atoms with Crippen LogP contribution < -0.4 is 20.1 Å². The summed E-state index contributed by atoms with van der Waals surface area (Å²) in [6.45, 7) is 13.4. The maximum atomic E-state index is 5.46. The van der Waals surface area contributed by atoms with Crippen molar-refractivity contribution in [3.8, 4) is 11.5 Å². The second kappa shape index (κ2) is 13.8. The molecule has 2 N–H and O–H groups in total. The average molecular weight is 505 g/mol. The molecule has 1 saturated heterocycles. The van der Waals surface area contributed by atoms with Gasteiger partial charge in [-0.1, -0.05) is 6.92 Å². The summed E-state index contributed by atoms with van der Waals surface area (Å²) < 4.78 is 10.7. The van der Waals surface area contributed by atoms with Gasteiger partial charge in [-0.25, -0.2) is 4.99 Å². The van der Waals surface area contributed by atoms with Crippen LogP contribution in [0.25, 0.3) is 0 Å². The number of rotatable bonds is 9. The van der Waals surface area contributed by atoms with Gasteiger partial charge in [0.05, 0.1) is 20.8 Å². The van der Waals surface area contributed by atoms with Gasteiger partial charge in [-0.15, -0.1) is 24.0 Å². The lowest BCUT2D eigenvalue weighted by molar-refractivity contribution is 0.139. The van der Waals surface area contributed by atoms with Gasteiger partial charge in [0.1, 0.15) is 11.5 Å². The summed E-state index contributed by atoms with van der Waals surface area (Å²) in [6, 6.07) is 5.82. The second-order valence-corrected chi connectivity index (χ2v) is 6.58. The lowest BCUT2D eigenvalue weighted by Crippen LogP contribution is -2.49. The Labute approximate surface area is 186 Å². The van der Waals surface area contributed by atoms with Crippen LogP contribution in [0.1, 0.15) is 19.4 Å². The maximum Gasteiger partial charge on any atom is 0.191 e. The van der Waals surface area contributed by atoms with Gasteiger partial charge in [0.25, 0.3) is 0 Å². The molecule has 8 heteroatoms. The molecular weight excluding hydrogens is 469 g/mol. The average Bonchev–Trinajstić information content (AvgIpc) is 2.72. The molecule has 7 nitrogen and oxygen atoms in total. The lowest BCUT2D eigenvalue weighted by atomic mass is 10.2. The Hall–Kier alpha value is -1.26. The van der Waals surface area contributed by atoms with Crippen molar-refractivity contribution in [3.63, 3.8) is 0 Å². The van der Waals surface area contributed by atoms with Crippen LogP contribution in [0.4, 0.5) is 0 Å². The molecule has 0 aliphatic carbocycles. The number of aliphatic imine (C=N–C) groups is 1. The third-order valence-corrected chi connectivity index (χ3v) is 4.88. The summed E-state index contributed by atoms with van der Waals surface area (Å²) in [5.74, 6) is 2.41. The van der Waals surface area contributed by atoms with E-state index in [1.54, 1.807) is 14.2 Å². The molecule has 0 saturated carbocycles. The van der Waals surface area contributed by atoms with Crippen molar-refractivity contribution in [1.29, 1.82) is 0 Å². The van der Waals surface area contributed by atoms with Crippen LogP contribution in [-0.2, 0) is 6.54 Å². The number of piperazine rings is 1. The summed E-state index contributed by atoms with van der Waals surface area (Å²) >= 11 is 0. The molecule has 0 spiro atoms. The Kier molecular flexibility index (Phi) is 12.2. The van der Waals surface area contributed by atoms with Crippen LogP contribution in [0, 0.1) is 0 Å². The molecule has 1 aliphatic rings. The van der Waals surface area contributed by atoms with Crippen LogP contribution in [-0.4, -0.2) is 82.3 Å². The Balaban J connectivity index is 0.00000392. The fraction of sp³-hybridized carbons (Fsp3) is 0.650. The van der Waals surface area contributed by atoms with Gasteiger partial charge in [-0.2, -0.15) is 0 Å². The van der Waals surface area contributed by atoms with Gasteiger partial charge >= 0.3 is 0 Å². The number of hydrogen-bond acceptors (Lipinski definition) is 5. The predicted molar refractivity (Wildman–Crippen MR) is 126 cm³/mol. The number of benzene rings is 1. The Morgan fingerprint density at radius 3 is 2.36 bits per heavy atom. The normalized spacial score (nSPS) is 15.6. The summed E-state index contributed by atoms with van der Waals surface area (Å²) in [5, 5.41) is 6.76. The van der Waals surface area contributed by atoms with Crippen molar-refractivity contribution >= 4 is 29.9 Å². The number of halogens is 1. The van der Waals surface area contributed by atoms with Gasteiger partial charge in [0.2, 0.25) is 0 Å². The van der Waals surface area contributed by atoms with Crippen molar-refractivity contribution in [2.75, 3.05) is 66.6 Å². The number of methoxy groups -OCH3 is 2. The zero-order valence-corrected chi connectivity index (χ0v) is 20.0. The Bertz CT molecular complexity index is 592. The molecule has 1 heterocycles. The van der Waals surface area contributed by atoms with E-state index < -0.39 is 0 Å². The van der Waals surface area contributed by atoms with E-state index in [2.05, 4.69) is 34.3 Å². The minimum atomic E-state index is 0. The smallest absolute Gasteiger partial charge is 0.191 e. The lowest BCUT2D eigenvalue weighted by Gasteiger charge is -2.34. The minimum absolute atomic E-state index is 0. The first-order chi connectivity index (χ1) is 13.2. The molecule has 1 aliphatic heterocycles. The fourth-order valence-corrected chi connectivity index (χ4v) is 3.15. The van der Waals surface area contributed by atoms with Crippen LogP contribution >= 0.6 is 24.0 Å². The molecule has 28 heavy (non-hydrogen) atoms. The van der Waals surface area contributed by atoms with Gasteiger partial charge in [-0.05, 0) is 25.6 Å². The van der Waals surface area contributed by atoms with Crippen LogP contribution in [0.15, 0.2) is 23.2 Å². The number of hydrogen-bond donors (Lipinski definition) is 2. The molecule has 0 unspecified atom stereocenters. The largest absolute Gasteiger partial charge is 0.497 e. The quantitative estimate of drug-likeness (QED) is 0.304. The molecule has 160 valence electrons. The highest BCUT2D eigenvalue weighted by Gasteiger charge is 2.14. The second-order valence-electron chi connectivity index (χ2n) is 6.58. The molecular formula is C20H36IN5O2. The SMILES string of the molecule is CCNC(=NCc1ccc(OC)cc1OC)NCCN1CCN(CC)CC1.I. The molecule has 0 bridgehead atoms. The van der Waals surface area contributed by atoms with E-state index >= 15 is 0 Å². The number of guanidine groups is 1. The number of nitrogens with zero attached hydrogens (tertiary/aromatic N) is 3. The summed E-state index contributed by atoms with van der Waals surface area (Å²) in [5.41, 5.74) is 1.03. The first-order valence-corrected chi connectivity index (χ1v) is 9.87. The topological polar surface area (TPSA) is 61.4 Å². The van der Waals surface area contributed by atoms with Crippen LogP contribution in [0.2, 0.25) is 0 Å². The van der Waals surface area contributed by atoms with Crippen molar-refractivity contribution < 1.29 is 9.47 Å². The van der Waals surface area contributed by atoms with Crippen LogP contribution in [0.3, 0.4) is 0 Å². The summed E-state index contributed by atoms with van der Waals surface area (Å²) in [6.07, 6.45) is 0. The predicted octanol–water partition coefficient (Wildman–Crippen LogP) is 2.01. The highest BCUT2D eigenvalue weighted by molar-refractivity contribution is 14.0. The Morgan fingerprint density at radius 2 is 1.75 bits per heavy atom. The third-order valence-electron chi connectivity index (χ3n) is 4.88. The van der Waals surface area contributed by atoms with Crippen LogP contribution in [0.5, 0.6) is 11.5 Å². The van der Waals surface area contributed by atoms with Gasteiger partial charge in [0, 0.05) is 57.4 Å². The minimum Gasteiger partial charge on any atom is -0.497 e. The molecule has 1 aromatic rings. The molecule has 2 rings (SSSR count). The summed E-state index contributed by atoms with van der Waals surface area (Å²) in [4.78, 5) is 9.71. The van der Waals surface area contributed by atoms with Gasteiger partial charge < -0.3 is 25.0 Å². The van der Waals surface area contributed by atoms with Crippen molar-refractivity contribution in [2.45, 2.75) is 20.4 Å². The molecule has 1 fully saturated rings. The van der Waals surface area contributed by atoms with Crippen molar-refractivity contribution in [2.24, 2.45) is 4.99 Å². The van der Waals surface area contributed by atoms with Crippen molar-refractivity contribution in [1.82, 2.24) is 20.4 Å².